The third-order valence-corrected chi connectivity index (χ3v) is 2.50. The number of hydrogen-bond acceptors (Lipinski definition) is 3. The molecule has 1 atom stereocenters. The molecule has 3 nitrogen and oxygen atoms in total. The number of unbranched alkanes of at least 4 members (excludes halogenated alkanes) is 2. The first-order valence-corrected chi connectivity index (χ1v) is 5.94. The topological polar surface area (TPSA) is 61.3 Å². The highest BCUT2D eigenvalue weighted by molar-refractivity contribution is 5.39. The van der Waals surface area contributed by atoms with E-state index in [2.05, 4.69) is 6.92 Å². The molecule has 0 aliphatic rings. The van der Waals surface area contributed by atoms with Crippen LogP contribution in [0.4, 0.5) is 5.69 Å². The van der Waals surface area contributed by atoms with Gasteiger partial charge in [-0.2, -0.15) is 0 Å². The Kier molecular flexibility index (Phi) is 5.90. The molecule has 1 unspecified atom stereocenters. The second kappa shape index (κ2) is 7.25. The lowest BCUT2D eigenvalue weighted by Gasteiger charge is -2.13. The molecule has 0 spiro atoms. The van der Waals surface area contributed by atoms with E-state index in [-0.39, 0.29) is 6.23 Å². The maximum absolute atomic E-state index is 5.87. The van der Waals surface area contributed by atoms with Gasteiger partial charge in [-0.15, -0.1) is 0 Å². The summed E-state index contributed by atoms with van der Waals surface area (Å²) in [6, 6.07) is 7.76. The van der Waals surface area contributed by atoms with Gasteiger partial charge in [0.05, 0.1) is 0 Å². The molecule has 0 fully saturated rings. The average Bonchev–Trinajstić information content (AvgIpc) is 2.28. The highest BCUT2D eigenvalue weighted by Crippen LogP contribution is 2.08. The van der Waals surface area contributed by atoms with Crippen molar-refractivity contribution in [1.82, 2.24) is 0 Å². The Morgan fingerprint density at radius 2 is 1.88 bits per heavy atom. The summed E-state index contributed by atoms with van der Waals surface area (Å²) < 4.78 is 5.52. The summed E-state index contributed by atoms with van der Waals surface area (Å²) in [5.41, 5.74) is 13.4. The SMILES string of the molecule is CCCCCOC(N)Cc1ccc(N)cc1. The number of rotatable bonds is 7. The summed E-state index contributed by atoms with van der Waals surface area (Å²) in [4.78, 5) is 0. The predicted molar refractivity (Wildman–Crippen MR) is 68.0 cm³/mol. The van der Waals surface area contributed by atoms with Crippen molar-refractivity contribution in [2.45, 2.75) is 38.8 Å². The normalized spacial score (nSPS) is 12.6. The highest BCUT2D eigenvalue weighted by Gasteiger charge is 2.03. The van der Waals surface area contributed by atoms with Gasteiger partial charge in [0.15, 0.2) is 0 Å². The summed E-state index contributed by atoms with van der Waals surface area (Å²) in [6.45, 7) is 2.93. The Bertz CT molecular complexity index is 284. The van der Waals surface area contributed by atoms with E-state index in [0.29, 0.717) is 0 Å². The average molecular weight is 222 g/mol. The van der Waals surface area contributed by atoms with E-state index in [4.69, 9.17) is 16.2 Å². The van der Waals surface area contributed by atoms with Crippen LogP contribution >= 0.6 is 0 Å². The molecule has 90 valence electrons. The van der Waals surface area contributed by atoms with Crippen LogP contribution in [0, 0.1) is 0 Å². The van der Waals surface area contributed by atoms with Gasteiger partial charge in [-0.05, 0) is 24.1 Å². The molecule has 0 heterocycles. The van der Waals surface area contributed by atoms with Gasteiger partial charge in [0, 0.05) is 18.7 Å². The first-order valence-electron chi connectivity index (χ1n) is 5.94. The Balaban J connectivity index is 2.23. The van der Waals surface area contributed by atoms with Crippen molar-refractivity contribution in [3.8, 4) is 0 Å². The molecule has 0 bridgehead atoms. The van der Waals surface area contributed by atoms with Crippen LogP contribution in [-0.4, -0.2) is 12.8 Å². The van der Waals surface area contributed by atoms with Crippen LogP contribution in [0.1, 0.15) is 31.7 Å². The summed E-state index contributed by atoms with van der Waals surface area (Å²) >= 11 is 0. The van der Waals surface area contributed by atoms with Crippen LogP contribution in [0.25, 0.3) is 0 Å². The minimum atomic E-state index is -0.208. The van der Waals surface area contributed by atoms with Crippen molar-refractivity contribution in [2.75, 3.05) is 12.3 Å². The summed E-state index contributed by atoms with van der Waals surface area (Å²) in [7, 11) is 0. The quantitative estimate of drug-likeness (QED) is 0.423. The second-order valence-corrected chi connectivity index (χ2v) is 4.06. The van der Waals surface area contributed by atoms with E-state index in [1.807, 2.05) is 24.3 Å². The summed E-state index contributed by atoms with van der Waals surface area (Å²) in [5, 5.41) is 0. The molecule has 1 aromatic carbocycles. The predicted octanol–water partition coefficient (Wildman–Crippen LogP) is 2.30. The van der Waals surface area contributed by atoms with E-state index in [1.165, 1.54) is 12.8 Å². The van der Waals surface area contributed by atoms with Crippen molar-refractivity contribution in [1.29, 1.82) is 0 Å². The number of anilines is 1. The fraction of sp³-hybridized carbons (Fsp3) is 0.538. The van der Waals surface area contributed by atoms with E-state index in [0.717, 1.165) is 30.7 Å². The Morgan fingerprint density at radius 1 is 1.19 bits per heavy atom. The number of nitrogens with two attached hydrogens (primary N) is 2. The summed E-state index contributed by atoms with van der Waals surface area (Å²) in [6.07, 6.45) is 4.03. The second-order valence-electron chi connectivity index (χ2n) is 4.06. The first kappa shape index (κ1) is 13.0. The third-order valence-electron chi connectivity index (χ3n) is 2.50. The number of hydrogen-bond donors (Lipinski definition) is 2. The monoisotopic (exact) mass is 222 g/mol. The smallest absolute Gasteiger partial charge is 0.109 e. The number of ether oxygens (including phenoxy) is 1. The molecule has 0 saturated carbocycles. The van der Waals surface area contributed by atoms with E-state index >= 15 is 0 Å². The van der Waals surface area contributed by atoms with Gasteiger partial charge in [0.25, 0.3) is 0 Å². The lowest BCUT2D eigenvalue weighted by Crippen LogP contribution is -2.26. The van der Waals surface area contributed by atoms with Crippen LogP contribution in [0.2, 0.25) is 0 Å². The maximum Gasteiger partial charge on any atom is 0.109 e. The molecular formula is C13H22N2O. The molecule has 0 aromatic heterocycles. The first-order chi connectivity index (χ1) is 7.72. The lowest BCUT2D eigenvalue weighted by atomic mass is 10.1. The van der Waals surface area contributed by atoms with Gasteiger partial charge in [-0.1, -0.05) is 31.9 Å². The van der Waals surface area contributed by atoms with E-state index < -0.39 is 0 Å². The van der Waals surface area contributed by atoms with Crippen molar-refractivity contribution >= 4 is 5.69 Å². The molecule has 0 amide bonds. The zero-order valence-electron chi connectivity index (χ0n) is 9.99. The van der Waals surface area contributed by atoms with Crippen molar-refractivity contribution in [3.05, 3.63) is 29.8 Å². The van der Waals surface area contributed by atoms with Crippen LogP contribution in [0.5, 0.6) is 0 Å². The van der Waals surface area contributed by atoms with Crippen LogP contribution in [-0.2, 0) is 11.2 Å². The van der Waals surface area contributed by atoms with Gasteiger partial charge >= 0.3 is 0 Å². The van der Waals surface area contributed by atoms with Crippen molar-refractivity contribution < 1.29 is 4.74 Å². The minimum absolute atomic E-state index is 0.208. The number of nitrogen functional groups attached to an aromatic ring is 1. The van der Waals surface area contributed by atoms with E-state index in [1.54, 1.807) is 0 Å². The molecule has 1 rings (SSSR count). The molecule has 4 N–H and O–H groups in total. The van der Waals surface area contributed by atoms with Gasteiger partial charge in [0.1, 0.15) is 6.23 Å². The molecule has 0 aliphatic carbocycles. The van der Waals surface area contributed by atoms with Gasteiger partial charge < -0.3 is 16.2 Å². The minimum Gasteiger partial charge on any atom is -0.399 e. The molecular weight excluding hydrogens is 200 g/mol. The van der Waals surface area contributed by atoms with Gasteiger partial charge in [0.2, 0.25) is 0 Å². The highest BCUT2D eigenvalue weighted by atomic mass is 16.5. The Morgan fingerprint density at radius 3 is 2.50 bits per heavy atom. The molecule has 0 aliphatic heterocycles. The standard InChI is InChI=1S/C13H22N2O/c1-2-3-4-9-16-13(15)10-11-5-7-12(14)8-6-11/h5-8,13H,2-4,9-10,14-15H2,1H3. The number of benzene rings is 1. The Hall–Kier alpha value is -1.06. The van der Waals surface area contributed by atoms with Crippen LogP contribution in [0.3, 0.4) is 0 Å². The lowest BCUT2D eigenvalue weighted by molar-refractivity contribution is 0.0555. The molecule has 1 aromatic rings. The Labute approximate surface area is 97.8 Å². The van der Waals surface area contributed by atoms with Gasteiger partial charge in [-0.25, -0.2) is 0 Å². The van der Waals surface area contributed by atoms with Crippen LogP contribution in [0.15, 0.2) is 24.3 Å². The van der Waals surface area contributed by atoms with Crippen LogP contribution < -0.4 is 11.5 Å². The molecule has 3 heteroatoms. The summed E-state index contributed by atoms with van der Waals surface area (Å²) in [5.74, 6) is 0. The zero-order chi connectivity index (χ0) is 11.8. The third kappa shape index (κ3) is 5.14. The maximum atomic E-state index is 5.87. The molecule has 0 saturated heterocycles. The van der Waals surface area contributed by atoms with E-state index in [9.17, 15) is 0 Å². The largest absolute Gasteiger partial charge is 0.399 e. The fourth-order valence-corrected chi connectivity index (χ4v) is 1.53. The van der Waals surface area contributed by atoms with Gasteiger partial charge in [-0.3, -0.25) is 0 Å². The van der Waals surface area contributed by atoms with Crippen molar-refractivity contribution in [3.63, 3.8) is 0 Å². The zero-order valence-corrected chi connectivity index (χ0v) is 9.99. The van der Waals surface area contributed by atoms with Crippen molar-refractivity contribution in [2.24, 2.45) is 5.73 Å². The molecule has 16 heavy (non-hydrogen) atoms. The molecule has 0 radical (unpaired) electrons. The fourth-order valence-electron chi connectivity index (χ4n) is 1.53.